The number of amides is 2. The minimum absolute atomic E-state index is 0.0769. The molecule has 1 unspecified atom stereocenters. The van der Waals surface area contributed by atoms with E-state index in [1.54, 1.807) is 6.92 Å². The Morgan fingerprint density at radius 1 is 1.36 bits per heavy atom. The Bertz CT molecular complexity index is 722. The van der Waals surface area contributed by atoms with E-state index >= 15 is 0 Å². The molecule has 0 aliphatic carbocycles. The number of nitrogens with one attached hydrogen (secondary N) is 2. The molecule has 1 saturated heterocycles. The third-order valence-electron chi connectivity index (χ3n) is 4.45. The van der Waals surface area contributed by atoms with Gasteiger partial charge in [-0.15, -0.1) is 0 Å². The second kappa shape index (κ2) is 10.1. The molecule has 154 valence electrons. The summed E-state index contributed by atoms with van der Waals surface area (Å²) in [6.45, 7) is 9.38. The predicted octanol–water partition coefficient (Wildman–Crippen LogP) is 1.11. The lowest BCUT2D eigenvalue weighted by Gasteiger charge is -2.33. The molecule has 0 saturated carbocycles. The maximum atomic E-state index is 12.1. The van der Waals surface area contributed by atoms with Crippen molar-refractivity contribution in [2.24, 2.45) is 5.92 Å². The summed E-state index contributed by atoms with van der Waals surface area (Å²) in [5.41, 5.74) is 0.487. The van der Waals surface area contributed by atoms with E-state index in [0.29, 0.717) is 24.6 Å². The molecule has 2 rings (SSSR count). The number of hydrogen-bond acceptors (Lipinski definition) is 6. The summed E-state index contributed by atoms with van der Waals surface area (Å²) in [6.07, 6.45) is -0.0769. The van der Waals surface area contributed by atoms with Crippen molar-refractivity contribution in [3.05, 3.63) is 39.4 Å². The molecule has 2 N–H and O–H groups in total. The van der Waals surface area contributed by atoms with E-state index in [2.05, 4.69) is 29.4 Å². The van der Waals surface area contributed by atoms with Gasteiger partial charge < -0.3 is 15.4 Å². The Hall–Kier alpha value is -2.52. The fraction of sp³-hybridized carbons (Fsp3) is 0.579. The third-order valence-corrected chi connectivity index (χ3v) is 4.45. The van der Waals surface area contributed by atoms with Gasteiger partial charge in [0.1, 0.15) is 0 Å². The molecule has 1 aromatic rings. The lowest BCUT2D eigenvalue weighted by molar-refractivity contribution is -0.385. The molecule has 0 bridgehead atoms. The zero-order valence-corrected chi connectivity index (χ0v) is 16.6. The number of ether oxygens (including phenoxy) is 1. The first-order valence-corrected chi connectivity index (χ1v) is 9.40. The van der Waals surface area contributed by atoms with Crippen LogP contribution < -0.4 is 10.6 Å². The first kappa shape index (κ1) is 21.8. The molecule has 2 amide bonds. The van der Waals surface area contributed by atoms with E-state index in [4.69, 9.17) is 4.74 Å². The standard InChI is InChI=1S/C19H28N4O5/c1-13(2)11-22-6-7-28-16(12-22)9-20-18(24)10-21-19(25)15-5-4-14(3)17(8-15)23(26)27/h4-5,8,13,16H,6-7,9-12H2,1-3H3,(H,20,24)(H,21,25). The van der Waals surface area contributed by atoms with Crippen LogP contribution in [0.1, 0.15) is 29.8 Å². The van der Waals surface area contributed by atoms with Gasteiger partial charge in [-0.2, -0.15) is 0 Å². The highest BCUT2D eigenvalue weighted by atomic mass is 16.6. The maximum Gasteiger partial charge on any atom is 0.273 e. The van der Waals surface area contributed by atoms with Crippen LogP contribution in [0.2, 0.25) is 0 Å². The van der Waals surface area contributed by atoms with Gasteiger partial charge in [-0.1, -0.05) is 19.9 Å². The van der Waals surface area contributed by atoms with Gasteiger partial charge in [0, 0.05) is 43.4 Å². The van der Waals surface area contributed by atoms with Crippen molar-refractivity contribution in [2.75, 3.05) is 39.3 Å². The molecule has 9 heteroatoms. The molecule has 28 heavy (non-hydrogen) atoms. The SMILES string of the molecule is Cc1ccc(C(=O)NCC(=O)NCC2CN(CC(C)C)CCO2)cc1[N+](=O)[O-]. The maximum absolute atomic E-state index is 12.1. The van der Waals surface area contributed by atoms with Crippen molar-refractivity contribution >= 4 is 17.5 Å². The molecule has 0 aromatic heterocycles. The molecule has 1 heterocycles. The number of morpholine rings is 1. The Morgan fingerprint density at radius 3 is 2.79 bits per heavy atom. The zero-order valence-electron chi connectivity index (χ0n) is 16.6. The first-order chi connectivity index (χ1) is 13.3. The van der Waals surface area contributed by atoms with E-state index in [-0.39, 0.29) is 29.8 Å². The highest BCUT2D eigenvalue weighted by Crippen LogP contribution is 2.19. The van der Waals surface area contributed by atoms with Crippen LogP contribution in [0.5, 0.6) is 0 Å². The average molecular weight is 392 g/mol. The molecule has 1 fully saturated rings. The number of aryl methyl sites for hydroxylation is 1. The Balaban J connectivity index is 1.77. The summed E-state index contributed by atoms with van der Waals surface area (Å²) in [5, 5.41) is 16.2. The van der Waals surface area contributed by atoms with Gasteiger partial charge in [0.15, 0.2) is 0 Å². The summed E-state index contributed by atoms with van der Waals surface area (Å²) in [6, 6.07) is 4.22. The highest BCUT2D eigenvalue weighted by molar-refractivity contribution is 5.97. The fourth-order valence-corrected chi connectivity index (χ4v) is 3.09. The molecule has 1 atom stereocenters. The second-order valence-corrected chi connectivity index (χ2v) is 7.39. The summed E-state index contributed by atoms with van der Waals surface area (Å²) in [4.78, 5) is 36.9. The lowest BCUT2D eigenvalue weighted by atomic mass is 10.1. The van der Waals surface area contributed by atoms with Crippen LogP contribution in [-0.4, -0.2) is 67.1 Å². The molecule has 1 aliphatic heterocycles. The molecular formula is C19H28N4O5. The van der Waals surface area contributed by atoms with Crippen LogP contribution >= 0.6 is 0 Å². The largest absolute Gasteiger partial charge is 0.374 e. The van der Waals surface area contributed by atoms with Crippen molar-refractivity contribution in [2.45, 2.75) is 26.9 Å². The van der Waals surface area contributed by atoms with Crippen LogP contribution in [0.4, 0.5) is 5.69 Å². The summed E-state index contributed by atoms with van der Waals surface area (Å²) in [7, 11) is 0. The Labute approximate surface area is 164 Å². The van der Waals surface area contributed by atoms with Crippen LogP contribution in [-0.2, 0) is 9.53 Å². The van der Waals surface area contributed by atoms with E-state index in [9.17, 15) is 19.7 Å². The minimum Gasteiger partial charge on any atom is -0.374 e. The fourth-order valence-electron chi connectivity index (χ4n) is 3.09. The van der Waals surface area contributed by atoms with Crippen LogP contribution in [0.25, 0.3) is 0 Å². The number of nitro groups is 1. The number of hydrogen-bond donors (Lipinski definition) is 2. The van der Waals surface area contributed by atoms with Crippen LogP contribution in [0, 0.1) is 23.0 Å². The monoisotopic (exact) mass is 392 g/mol. The van der Waals surface area contributed by atoms with E-state index < -0.39 is 10.8 Å². The van der Waals surface area contributed by atoms with Gasteiger partial charge in [0.25, 0.3) is 11.6 Å². The van der Waals surface area contributed by atoms with Crippen LogP contribution in [0.3, 0.4) is 0 Å². The van der Waals surface area contributed by atoms with Crippen molar-refractivity contribution in [1.82, 2.24) is 15.5 Å². The molecule has 1 aromatic carbocycles. The van der Waals surface area contributed by atoms with Gasteiger partial charge in [-0.05, 0) is 18.9 Å². The second-order valence-electron chi connectivity index (χ2n) is 7.39. The van der Waals surface area contributed by atoms with Gasteiger partial charge in [0.2, 0.25) is 5.91 Å². The molecule has 1 aliphatic rings. The Kier molecular flexibility index (Phi) is 7.89. The number of carbonyl (C=O) groups excluding carboxylic acids is 2. The molecule has 0 radical (unpaired) electrons. The van der Waals surface area contributed by atoms with Crippen LogP contribution in [0.15, 0.2) is 18.2 Å². The summed E-state index contributed by atoms with van der Waals surface area (Å²) in [5.74, 6) is -0.295. The molecular weight excluding hydrogens is 364 g/mol. The van der Waals surface area contributed by atoms with Gasteiger partial charge in [-0.25, -0.2) is 0 Å². The Morgan fingerprint density at radius 2 is 2.11 bits per heavy atom. The van der Waals surface area contributed by atoms with E-state index in [1.807, 2.05) is 0 Å². The van der Waals surface area contributed by atoms with E-state index in [1.165, 1.54) is 18.2 Å². The van der Waals surface area contributed by atoms with Crippen molar-refractivity contribution in [1.29, 1.82) is 0 Å². The summed E-state index contributed by atoms with van der Waals surface area (Å²) < 4.78 is 5.67. The van der Waals surface area contributed by atoms with Crippen molar-refractivity contribution in [3.63, 3.8) is 0 Å². The predicted molar refractivity (Wildman–Crippen MR) is 104 cm³/mol. The van der Waals surface area contributed by atoms with Gasteiger partial charge in [0.05, 0.1) is 24.2 Å². The average Bonchev–Trinajstić information content (AvgIpc) is 2.64. The highest BCUT2D eigenvalue weighted by Gasteiger charge is 2.21. The molecule has 0 spiro atoms. The first-order valence-electron chi connectivity index (χ1n) is 9.40. The van der Waals surface area contributed by atoms with Gasteiger partial charge in [-0.3, -0.25) is 24.6 Å². The summed E-state index contributed by atoms with van der Waals surface area (Å²) >= 11 is 0. The normalized spacial score (nSPS) is 17.4. The quantitative estimate of drug-likeness (QED) is 0.506. The number of benzene rings is 1. The zero-order chi connectivity index (χ0) is 20.7. The number of nitro benzene ring substituents is 1. The lowest BCUT2D eigenvalue weighted by Crippen LogP contribution is -2.49. The van der Waals surface area contributed by atoms with Crippen molar-refractivity contribution in [3.8, 4) is 0 Å². The number of carbonyl (C=O) groups is 2. The number of nitrogens with zero attached hydrogens (tertiary/aromatic N) is 2. The number of rotatable bonds is 8. The molecule has 9 nitrogen and oxygen atoms in total. The topological polar surface area (TPSA) is 114 Å². The van der Waals surface area contributed by atoms with E-state index in [0.717, 1.165) is 19.6 Å². The smallest absolute Gasteiger partial charge is 0.273 e. The van der Waals surface area contributed by atoms with Gasteiger partial charge >= 0.3 is 0 Å². The van der Waals surface area contributed by atoms with Crippen molar-refractivity contribution < 1.29 is 19.2 Å². The minimum atomic E-state index is -0.536. The third kappa shape index (κ3) is 6.58.